The lowest BCUT2D eigenvalue weighted by atomic mass is 10.0. The molecule has 0 radical (unpaired) electrons. The van der Waals surface area contributed by atoms with Gasteiger partial charge in [-0.2, -0.15) is 0 Å². The Morgan fingerprint density at radius 2 is 2.05 bits per heavy atom. The van der Waals surface area contributed by atoms with Crippen LogP contribution in [0, 0.1) is 12.7 Å². The molecule has 112 valence electrons. The minimum atomic E-state index is -0.138. The molecule has 0 bridgehead atoms. The summed E-state index contributed by atoms with van der Waals surface area (Å²) in [6.07, 6.45) is 0. The zero-order valence-electron chi connectivity index (χ0n) is 12.2. The van der Waals surface area contributed by atoms with Crippen molar-refractivity contribution in [3.63, 3.8) is 0 Å². The molecule has 0 aromatic heterocycles. The molecule has 0 saturated heterocycles. The number of benzene rings is 2. The van der Waals surface area contributed by atoms with Gasteiger partial charge in [0.1, 0.15) is 5.82 Å². The first-order valence-electron chi connectivity index (χ1n) is 6.98. The lowest BCUT2D eigenvalue weighted by Crippen LogP contribution is -2.24. The summed E-state index contributed by atoms with van der Waals surface area (Å²) >= 11 is 5.21. The Kier molecular flexibility index (Phi) is 6.27. The number of thioether (sulfide) groups is 1. The molecular weight excluding hydrogens is 349 g/mol. The normalized spacial score (nSPS) is 12.4. The lowest BCUT2D eigenvalue weighted by molar-refractivity contribution is 0.545. The number of halogens is 2. The molecular formula is C17H19BrFNS. The second kappa shape index (κ2) is 7.97. The molecule has 1 atom stereocenters. The minimum Gasteiger partial charge on any atom is -0.309 e. The molecule has 1 unspecified atom stereocenters. The fraction of sp³-hybridized carbons (Fsp3) is 0.294. The molecule has 0 aliphatic heterocycles. The van der Waals surface area contributed by atoms with E-state index in [-0.39, 0.29) is 11.9 Å². The molecule has 0 saturated carbocycles. The molecule has 0 fully saturated rings. The van der Waals surface area contributed by atoms with Crippen molar-refractivity contribution in [3.05, 3.63) is 63.9 Å². The Bertz CT molecular complexity index is 603. The zero-order chi connectivity index (χ0) is 15.2. The highest BCUT2D eigenvalue weighted by atomic mass is 79.9. The van der Waals surface area contributed by atoms with E-state index in [2.05, 4.69) is 33.4 Å². The molecule has 2 aromatic rings. The minimum absolute atomic E-state index is 0.0129. The predicted octanol–water partition coefficient (Wildman–Crippen LogP) is 5.34. The number of rotatable bonds is 6. The van der Waals surface area contributed by atoms with E-state index < -0.39 is 0 Å². The van der Waals surface area contributed by atoms with E-state index in [9.17, 15) is 4.39 Å². The van der Waals surface area contributed by atoms with Gasteiger partial charge in [-0.1, -0.05) is 46.6 Å². The van der Waals surface area contributed by atoms with Crippen molar-refractivity contribution < 1.29 is 4.39 Å². The van der Waals surface area contributed by atoms with Gasteiger partial charge in [-0.05, 0) is 37.7 Å². The average Bonchev–Trinajstić information content (AvgIpc) is 2.46. The van der Waals surface area contributed by atoms with E-state index in [4.69, 9.17) is 0 Å². The summed E-state index contributed by atoms with van der Waals surface area (Å²) in [5.41, 5.74) is 1.83. The summed E-state index contributed by atoms with van der Waals surface area (Å²) in [5, 5.41) is 3.38. The van der Waals surface area contributed by atoms with E-state index in [0.29, 0.717) is 0 Å². The summed E-state index contributed by atoms with van der Waals surface area (Å²) in [5.74, 6) is 0.659. The van der Waals surface area contributed by atoms with E-state index >= 15 is 0 Å². The van der Waals surface area contributed by atoms with Gasteiger partial charge in [0.2, 0.25) is 0 Å². The van der Waals surface area contributed by atoms with Gasteiger partial charge in [0.05, 0.1) is 0 Å². The topological polar surface area (TPSA) is 12.0 Å². The van der Waals surface area contributed by atoms with E-state index in [0.717, 1.165) is 27.9 Å². The van der Waals surface area contributed by atoms with Crippen LogP contribution >= 0.6 is 27.7 Å². The van der Waals surface area contributed by atoms with E-state index in [1.165, 1.54) is 4.90 Å². The fourth-order valence-electron chi connectivity index (χ4n) is 2.17. The Morgan fingerprint density at radius 3 is 2.76 bits per heavy atom. The molecule has 21 heavy (non-hydrogen) atoms. The molecule has 2 rings (SSSR count). The van der Waals surface area contributed by atoms with Gasteiger partial charge >= 0.3 is 0 Å². The SMILES string of the molecule is CCNC(CSc1cccc(Br)c1)c1cc(C)ccc1F. The zero-order valence-corrected chi connectivity index (χ0v) is 14.6. The number of hydrogen-bond acceptors (Lipinski definition) is 2. The van der Waals surface area contributed by atoms with Crippen LogP contribution in [0.2, 0.25) is 0 Å². The Balaban J connectivity index is 2.13. The van der Waals surface area contributed by atoms with Crippen LogP contribution in [0.25, 0.3) is 0 Å². The summed E-state index contributed by atoms with van der Waals surface area (Å²) in [4.78, 5) is 1.18. The highest BCUT2D eigenvalue weighted by Gasteiger charge is 2.15. The number of aryl methyl sites for hydroxylation is 1. The van der Waals surface area contributed by atoms with Crippen LogP contribution in [-0.2, 0) is 0 Å². The first-order valence-corrected chi connectivity index (χ1v) is 8.76. The molecule has 0 amide bonds. The monoisotopic (exact) mass is 367 g/mol. The van der Waals surface area contributed by atoms with E-state index in [1.807, 2.05) is 38.1 Å². The van der Waals surface area contributed by atoms with Gasteiger partial charge in [0.15, 0.2) is 0 Å². The molecule has 0 spiro atoms. The van der Waals surface area contributed by atoms with Gasteiger partial charge in [-0.25, -0.2) is 4.39 Å². The van der Waals surface area contributed by atoms with Crippen LogP contribution in [-0.4, -0.2) is 12.3 Å². The van der Waals surface area contributed by atoms with Crippen LogP contribution in [0.3, 0.4) is 0 Å². The molecule has 0 aliphatic rings. The van der Waals surface area contributed by atoms with E-state index in [1.54, 1.807) is 17.8 Å². The molecule has 4 heteroatoms. The molecule has 0 heterocycles. The third-order valence-electron chi connectivity index (χ3n) is 3.19. The smallest absolute Gasteiger partial charge is 0.128 e. The van der Waals surface area contributed by atoms with Gasteiger partial charge in [-0.3, -0.25) is 0 Å². The van der Waals surface area contributed by atoms with Crippen LogP contribution in [0.1, 0.15) is 24.1 Å². The second-order valence-electron chi connectivity index (χ2n) is 4.90. The standard InChI is InChI=1S/C17H19BrFNS/c1-3-20-17(15-9-12(2)7-8-16(15)19)11-21-14-6-4-5-13(18)10-14/h4-10,17,20H,3,11H2,1-2H3. The summed E-state index contributed by atoms with van der Waals surface area (Å²) in [6.45, 7) is 4.86. The maximum atomic E-state index is 14.1. The van der Waals surface area contributed by atoms with Gasteiger partial charge in [0.25, 0.3) is 0 Å². The van der Waals surface area contributed by atoms with Crippen molar-refractivity contribution in [1.82, 2.24) is 5.32 Å². The van der Waals surface area contributed by atoms with Crippen molar-refractivity contribution in [2.45, 2.75) is 24.8 Å². The quantitative estimate of drug-likeness (QED) is 0.691. The van der Waals surface area contributed by atoms with Crippen LogP contribution in [0.15, 0.2) is 51.8 Å². The maximum Gasteiger partial charge on any atom is 0.128 e. The molecule has 1 N–H and O–H groups in total. The summed E-state index contributed by atoms with van der Waals surface area (Å²) in [6, 6.07) is 13.5. The average molecular weight is 368 g/mol. The van der Waals surface area contributed by atoms with Crippen molar-refractivity contribution >= 4 is 27.7 Å². The van der Waals surface area contributed by atoms with Crippen molar-refractivity contribution in [3.8, 4) is 0 Å². The Morgan fingerprint density at radius 1 is 1.24 bits per heavy atom. The first-order chi connectivity index (χ1) is 10.1. The first kappa shape index (κ1) is 16.5. The molecule has 1 nitrogen and oxygen atoms in total. The molecule has 2 aromatic carbocycles. The second-order valence-corrected chi connectivity index (χ2v) is 6.91. The van der Waals surface area contributed by atoms with Crippen molar-refractivity contribution in [1.29, 1.82) is 0 Å². The Hall–Kier alpha value is -0.840. The largest absolute Gasteiger partial charge is 0.309 e. The number of hydrogen-bond donors (Lipinski definition) is 1. The summed E-state index contributed by atoms with van der Waals surface area (Å²) < 4.78 is 15.1. The highest BCUT2D eigenvalue weighted by Crippen LogP contribution is 2.28. The van der Waals surface area contributed by atoms with Crippen molar-refractivity contribution in [2.24, 2.45) is 0 Å². The summed E-state index contributed by atoms with van der Waals surface area (Å²) in [7, 11) is 0. The van der Waals surface area contributed by atoms with Crippen LogP contribution in [0.5, 0.6) is 0 Å². The van der Waals surface area contributed by atoms with Crippen LogP contribution < -0.4 is 5.32 Å². The lowest BCUT2D eigenvalue weighted by Gasteiger charge is -2.19. The predicted molar refractivity (Wildman–Crippen MR) is 92.4 cm³/mol. The number of nitrogens with one attached hydrogen (secondary N) is 1. The third-order valence-corrected chi connectivity index (χ3v) is 4.77. The van der Waals surface area contributed by atoms with Gasteiger partial charge in [0, 0.05) is 26.7 Å². The Labute approximate surface area is 138 Å². The highest BCUT2D eigenvalue weighted by molar-refractivity contribution is 9.10. The van der Waals surface area contributed by atoms with Crippen LogP contribution in [0.4, 0.5) is 4.39 Å². The maximum absolute atomic E-state index is 14.1. The molecule has 0 aliphatic carbocycles. The fourth-order valence-corrected chi connectivity index (χ4v) is 3.76. The third kappa shape index (κ3) is 4.83. The van der Waals surface area contributed by atoms with Gasteiger partial charge in [-0.15, -0.1) is 11.8 Å². The van der Waals surface area contributed by atoms with Crippen molar-refractivity contribution in [2.75, 3.05) is 12.3 Å². The van der Waals surface area contributed by atoms with Gasteiger partial charge < -0.3 is 5.32 Å².